The minimum Gasteiger partial charge on any atom is -0.478 e. The monoisotopic (exact) mass is 286 g/mol. The maximum atomic E-state index is 11.4. The van der Waals surface area contributed by atoms with Gasteiger partial charge in [0.2, 0.25) is 0 Å². The third kappa shape index (κ3) is 2.44. The van der Waals surface area contributed by atoms with E-state index in [-0.39, 0.29) is 5.56 Å². The van der Waals surface area contributed by atoms with Crippen LogP contribution in [0.25, 0.3) is 11.1 Å². The zero-order valence-corrected chi connectivity index (χ0v) is 11.8. The number of fused-ring (bicyclic) bond motifs is 1. The second kappa shape index (κ2) is 5.29. The fourth-order valence-electron chi connectivity index (χ4n) is 2.85. The molecule has 0 saturated carbocycles. The summed E-state index contributed by atoms with van der Waals surface area (Å²) in [5.74, 6) is -0.944. The van der Waals surface area contributed by atoms with Crippen LogP contribution in [-0.2, 0) is 12.8 Å². The Kier molecular flexibility index (Phi) is 3.49. The highest BCUT2D eigenvalue weighted by molar-refractivity contribution is 6.31. The molecule has 2 aromatic rings. The number of carbonyl (C=O) groups is 1. The summed E-state index contributed by atoms with van der Waals surface area (Å²) in [6.45, 7) is 0. The molecule has 0 aromatic heterocycles. The molecule has 1 aliphatic carbocycles. The predicted molar refractivity (Wildman–Crippen MR) is 80.5 cm³/mol. The molecule has 0 saturated heterocycles. The van der Waals surface area contributed by atoms with Gasteiger partial charge in [-0.15, -0.1) is 0 Å². The van der Waals surface area contributed by atoms with Gasteiger partial charge < -0.3 is 5.11 Å². The number of halogens is 1. The Morgan fingerprint density at radius 1 is 1.00 bits per heavy atom. The molecule has 0 bridgehead atoms. The van der Waals surface area contributed by atoms with E-state index in [1.165, 1.54) is 30.0 Å². The first-order valence-corrected chi connectivity index (χ1v) is 7.18. The van der Waals surface area contributed by atoms with Crippen molar-refractivity contribution in [1.82, 2.24) is 0 Å². The summed E-state index contributed by atoms with van der Waals surface area (Å²) < 4.78 is 0. The normalized spacial score (nSPS) is 13.8. The average Bonchev–Trinajstić information content (AvgIpc) is 2.46. The first-order chi connectivity index (χ1) is 9.65. The van der Waals surface area contributed by atoms with Crippen LogP contribution in [0.3, 0.4) is 0 Å². The van der Waals surface area contributed by atoms with Gasteiger partial charge in [-0.05, 0) is 60.1 Å². The summed E-state index contributed by atoms with van der Waals surface area (Å²) in [6, 6.07) is 11.3. The van der Waals surface area contributed by atoms with Gasteiger partial charge in [0.15, 0.2) is 0 Å². The van der Waals surface area contributed by atoms with Gasteiger partial charge in [-0.25, -0.2) is 4.79 Å². The largest absolute Gasteiger partial charge is 0.478 e. The van der Waals surface area contributed by atoms with Crippen molar-refractivity contribution in [3.05, 3.63) is 58.1 Å². The van der Waals surface area contributed by atoms with Crippen LogP contribution in [-0.4, -0.2) is 11.1 Å². The van der Waals surface area contributed by atoms with Crippen molar-refractivity contribution in [2.24, 2.45) is 0 Å². The molecular weight excluding hydrogens is 272 g/mol. The van der Waals surface area contributed by atoms with E-state index < -0.39 is 5.97 Å². The Labute approximate surface area is 123 Å². The summed E-state index contributed by atoms with van der Waals surface area (Å²) in [6.07, 6.45) is 4.66. The fourth-order valence-corrected chi connectivity index (χ4v) is 3.02. The zero-order chi connectivity index (χ0) is 14.1. The molecule has 3 rings (SSSR count). The average molecular weight is 287 g/mol. The lowest BCUT2D eigenvalue weighted by atomic mass is 9.88. The highest BCUT2D eigenvalue weighted by Gasteiger charge is 2.15. The minimum atomic E-state index is -0.944. The molecule has 3 heteroatoms. The van der Waals surface area contributed by atoms with E-state index in [9.17, 15) is 9.90 Å². The number of carboxylic acids is 1. The SMILES string of the molecule is O=C(O)c1cc(Cl)ccc1-c1ccc2c(c1)CCCC2. The van der Waals surface area contributed by atoms with Gasteiger partial charge in [-0.3, -0.25) is 0 Å². The van der Waals surface area contributed by atoms with Gasteiger partial charge >= 0.3 is 5.97 Å². The van der Waals surface area contributed by atoms with Crippen LogP contribution in [0, 0.1) is 0 Å². The number of benzene rings is 2. The molecule has 0 unspecified atom stereocenters. The lowest BCUT2D eigenvalue weighted by Crippen LogP contribution is -2.04. The van der Waals surface area contributed by atoms with Crippen molar-refractivity contribution >= 4 is 17.6 Å². The van der Waals surface area contributed by atoms with Crippen LogP contribution in [0.2, 0.25) is 5.02 Å². The molecule has 102 valence electrons. The van der Waals surface area contributed by atoms with Crippen LogP contribution in [0.15, 0.2) is 36.4 Å². The Hall–Kier alpha value is -1.80. The first-order valence-electron chi connectivity index (χ1n) is 6.80. The summed E-state index contributed by atoms with van der Waals surface area (Å²) >= 11 is 5.90. The van der Waals surface area contributed by atoms with Crippen molar-refractivity contribution in [3.63, 3.8) is 0 Å². The molecule has 0 spiro atoms. The van der Waals surface area contributed by atoms with Crippen molar-refractivity contribution in [1.29, 1.82) is 0 Å². The molecule has 1 aliphatic rings. The second-order valence-electron chi connectivity index (χ2n) is 5.19. The lowest BCUT2D eigenvalue weighted by Gasteiger charge is -2.17. The molecule has 0 fully saturated rings. The van der Waals surface area contributed by atoms with Crippen molar-refractivity contribution in [2.45, 2.75) is 25.7 Å². The minimum absolute atomic E-state index is 0.258. The quantitative estimate of drug-likeness (QED) is 0.877. The summed E-state index contributed by atoms with van der Waals surface area (Å²) in [4.78, 5) is 11.4. The first kappa shape index (κ1) is 13.2. The maximum absolute atomic E-state index is 11.4. The number of aromatic carboxylic acids is 1. The highest BCUT2D eigenvalue weighted by Crippen LogP contribution is 2.30. The van der Waals surface area contributed by atoms with E-state index in [4.69, 9.17) is 11.6 Å². The highest BCUT2D eigenvalue weighted by atomic mass is 35.5. The number of aryl methyl sites for hydroxylation is 2. The summed E-state index contributed by atoms with van der Waals surface area (Å²) in [5.41, 5.74) is 4.69. The van der Waals surface area contributed by atoms with E-state index in [0.29, 0.717) is 5.02 Å². The van der Waals surface area contributed by atoms with Crippen molar-refractivity contribution in [2.75, 3.05) is 0 Å². The standard InChI is InChI=1S/C17H15ClO2/c18-14-7-8-15(16(10-14)17(19)20)13-6-5-11-3-1-2-4-12(11)9-13/h5-10H,1-4H2,(H,19,20). The lowest BCUT2D eigenvalue weighted by molar-refractivity contribution is 0.0697. The molecule has 0 atom stereocenters. The third-order valence-electron chi connectivity index (χ3n) is 3.87. The topological polar surface area (TPSA) is 37.3 Å². The second-order valence-corrected chi connectivity index (χ2v) is 5.62. The van der Waals surface area contributed by atoms with Gasteiger partial charge in [0.1, 0.15) is 0 Å². The molecule has 2 nitrogen and oxygen atoms in total. The van der Waals surface area contributed by atoms with E-state index in [1.54, 1.807) is 12.1 Å². The molecule has 0 radical (unpaired) electrons. The van der Waals surface area contributed by atoms with E-state index in [0.717, 1.165) is 24.0 Å². The number of hydrogen-bond donors (Lipinski definition) is 1. The van der Waals surface area contributed by atoms with E-state index >= 15 is 0 Å². The molecule has 1 N–H and O–H groups in total. The van der Waals surface area contributed by atoms with Crippen LogP contribution in [0.1, 0.15) is 34.3 Å². The Balaban J connectivity index is 2.11. The molecule has 2 aromatic carbocycles. The van der Waals surface area contributed by atoms with Gasteiger partial charge in [0, 0.05) is 5.02 Å². The molecule has 20 heavy (non-hydrogen) atoms. The zero-order valence-electron chi connectivity index (χ0n) is 11.0. The van der Waals surface area contributed by atoms with Crippen molar-refractivity contribution in [3.8, 4) is 11.1 Å². The number of rotatable bonds is 2. The molecule has 0 aliphatic heterocycles. The Morgan fingerprint density at radius 3 is 2.50 bits per heavy atom. The third-order valence-corrected chi connectivity index (χ3v) is 4.11. The van der Waals surface area contributed by atoms with E-state index in [1.807, 2.05) is 6.07 Å². The van der Waals surface area contributed by atoms with Gasteiger partial charge in [-0.2, -0.15) is 0 Å². The van der Waals surface area contributed by atoms with Gasteiger partial charge in [0.05, 0.1) is 5.56 Å². The summed E-state index contributed by atoms with van der Waals surface area (Å²) in [5, 5.41) is 9.78. The smallest absolute Gasteiger partial charge is 0.336 e. The molecular formula is C17H15ClO2. The van der Waals surface area contributed by atoms with E-state index in [2.05, 4.69) is 12.1 Å². The number of hydrogen-bond acceptors (Lipinski definition) is 1. The van der Waals surface area contributed by atoms with Crippen LogP contribution < -0.4 is 0 Å². The van der Waals surface area contributed by atoms with Crippen LogP contribution in [0.4, 0.5) is 0 Å². The van der Waals surface area contributed by atoms with Gasteiger partial charge in [0.25, 0.3) is 0 Å². The predicted octanol–water partition coefficient (Wildman–Crippen LogP) is 4.58. The Bertz CT molecular complexity index is 677. The number of carboxylic acid groups (broad SMARTS) is 1. The van der Waals surface area contributed by atoms with Crippen molar-refractivity contribution < 1.29 is 9.90 Å². The molecule has 0 amide bonds. The Morgan fingerprint density at radius 2 is 1.75 bits per heavy atom. The summed E-state index contributed by atoms with van der Waals surface area (Å²) in [7, 11) is 0. The fraction of sp³-hybridized carbons (Fsp3) is 0.235. The molecule has 0 heterocycles. The van der Waals surface area contributed by atoms with Crippen LogP contribution >= 0.6 is 11.6 Å². The maximum Gasteiger partial charge on any atom is 0.336 e. The van der Waals surface area contributed by atoms with Crippen LogP contribution in [0.5, 0.6) is 0 Å². The van der Waals surface area contributed by atoms with Gasteiger partial charge in [-0.1, -0.05) is 35.9 Å².